The van der Waals surface area contributed by atoms with Gasteiger partial charge in [-0.15, -0.1) is 0 Å². The predicted octanol–water partition coefficient (Wildman–Crippen LogP) is 4.59. The van der Waals surface area contributed by atoms with E-state index in [0.29, 0.717) is 64.1 Å². The van der Waals surface area contributed by atoms with Gasteiger partial charge in [-0.3, -0.25) is 14.7 Å². The van der Waals surface area contributed by atoms with Crippen molar-refractivity contribution in [2.45, 2.75) is 38.3 Å². The fourth-order valence-electron chi connectivity index (χ4n) is 6.25. The standard InChI is InChI=1S/C32H39F3N4O5/c1-43-23-2-3-26-24(18-23)29(21(19-37-26)20-39-12-14-44-15-13-39)28(40)4-5-32(31(41)42)6-9-38(10-7-32)11-8-36-27-17-22(33)16-25(34)30(27)35/h2-3,16-19,28,36,40H,4-15,20H2,1H3,(H,41,42). The average Bonchev–Trinajstić information content (AvgIpc) is 3.02. The van der Waals surface area contributed by atoms with Crippen molar-refractivity contribution < 1.29 is 37.7 Å². The van der Waals surface area contributed by atoms with E-state index in [1.54, 1.807) is 13.3 Å². The minimum absolute atomic E-state index is 0.239. The molecule has 1 atom stereocenters. The molecule has 12 heteroatoms. The van der Waals surface area contributed by atoms with Gasteiger partial charge in [0.25, 0.3) is 0 Å². The Morgan fingerprint density at radius 1 is 1.11 bits per heavy atom. The van der Waals surface area contributed by atoms with Crippen LogP contribution in [0.1, 0.15) is 42.9 Å². The second-order valence-electron chi connectivity index (χ2n) is 11.6. The number of halogens is 3. The van der Waals surface area contributed by atoms with E-state index in [9.17, 15) is 28.2 Å². The largest absolute Gasteiger partial charge is 0.497 e. The van der Waals surface area contributed by atoms with Crippen LogP contribution in [0, 0.1) is 22.9 Å². The van der Waals surface area contributed by atoms with Gasteiger partial charge in [-0.2, -0.15) is 0 Å². The second kappa shape index (κ2) is 14.1. The highest BCUT2D eigenvalue weighted by Gasteiger charge is 2.41. The number of aliphatic hydroxyl groups excluding tert-OH is 1. The van der Waals surface area contributed by atoms with Gasteiger partial charge >= 0.3 is 5.97 Å². The Hall–Kier alpha value is -3.45. The van der Waals surface area contributed by atoms with Crippen molar-refractivity contribution in [2.24, 2.45) is 5.41 Å². The Morgan fingerprint density at radius 2 is 1.86 bits per heavy atom. The Morgan fingerprint density at radius 3 is 2.57 bits per heavy atom. The lowest BCUT2D eigenvalue weighted by atomic mass is 9.73. The maximum absolute atomic E-state index is 14.0. The summed E-state index contributed by atoms with van der Waals surface area (Å²) in [5.74, 6) is -3.52. The monoisotopic (exact) mass is 616 g/mol. The SMILES string of the molecule is COc1ccc2ncc(CN3CCOCC3)c(C(O)CCC3(C(=O)O)CCN(CCNc4cc(F)cc(F)c4F)CC3)c2c1. The number of hydrogen-bond donors (Lipinski definition) is 3. The number of piperidine rings is 1. The number of carboxylic acids is 1. The summed E-state index contributed by atoms with van der Waals surface area (Å²) < 4.78 is 51.9. The van der Waals surface area contributed by atoms with Crippen LogP contribution in [0.15, 0.2) is 36.5 Å². The predicted molar refractivity (Wildman–Crippen MR) is 159 cm³/mol. The number of nitrogens with zero attached hydrogens (tertiary/aromatic N) is 3. The van der Waals surface area contributed by atoms with E-state index in [4.69, 9.17) is 9.47 Å². The van der Waals surface area contributed by atoms with Gasteiger partial charge in [0.15, 0.2) is 11.6 Å². The van der Waals surface area contributed by atoms with Crippen LogP contribution in [0.25, 0.3) is 10.9 Å². The van der Waals surface area contributed by atoms with Gasteiger partial charge in [-0.25, -0.2) is 13.2 Å². The van der Waals surface area contributed by atoms with E-state index in [1.807, 2.05) is 23.1 Å². The molecule has 1 unspecified atom stereocenters. The number of carbonyl (C=O) groups is 1. The number of fused-ring (bicyclic) bond motifs is 1. The first-order valence-electron chi connectivity index (χ1n) is 15.0. The number of aliphatic hydroxyl groups is 1. The summed E-state index contributed by atoms with van der Waals surface area (Å²) in [6, 6.07) is 6.94. The van der Waals surface area contributed by atoms with Gasteiger partial charge in [-0.1, -0.05) is 0 Å². The van der Waals surface area contributed by atoms with Gasteiger partial charge in [-0.05, 0) is 68.1 Å². The highest BCUT2D eigenvalue weighted by Crippen LogP contribution is 2.40. The summed E-state index contributed by atoms with van der Waals surface area (Å²) in [5, 5.41) is 25.5. The van der Waals surface area contributed by atoms with Crippen LogP contribution in [-0.4, -0.2) is 90.6 Å². The molecular weight excluding hydrogens is 577 g/mol. The van der Waals surface area contributed by atoms with Gasteiger partial charge in [0.05, 0.1) is 43.0 Å². The number of aliphatic carboxylic acids is 1. The van der Waals surface area contributed by atoms with Crippen molar-refractivity contribution in [3.05, 3.63) is 65.1 Å². The first kappa shape index (κ1) is 32.0. The smallest absolute Gasteiger partial charge is 0.309 e. The summed E-state index contributed by atoms with van der Waals surface area (Å²) in [7, 11) is 1.58. The van der Waals surface area contributed by atoms with E-state index in [-0.39, 0.29) is 25.1 Å². The average molecular weight is 617 g/mol. The third-order valence-corrected chi connectivity index (χ3v) is 8.93. The van der Waals surface area contributed by atoms with Crippen molar-refractivity contribution in [3.63, 3.8) is 0 Å². The van der Waals surface area contributed by atoms with E-state index >= 15 is 0 Å². The molecule has 44 heavy (non-hydrogen) atoms. The van der Waals surface area contributed by atoms with Crippen molar-refractivity contribution in [1.82, 2.24) is 14.8 Å². The summed E-state index contributed by atoms with van der Waals surface area (Å²) >= 11 is 0. The molecule has 0 radical (unpaired) electrons. The summed E-state index contributed by atoms with van der Waals surface area (Å²) in [4.78, 5) is 21.5. The minimum atomic E-state index is -1.26. The quantitative estimate of drug-likeness (QED) is 0.252. The molecule has 2 aliphatic rings. The maximum atomic E-state index is 14.0. The fraction of sp³-hybridized carbons (Fsp3) is 0.500. The first-order chi connectivity index (χ1) is 21.2. The Kier molecular flexibility index (Phi) is 10.2. The van der Waals surface area contributed by atoms with Crippen LogP contribution in [0.3, 0.4) is 0 Å². The van der Waals surface area contributed by atoms with Crippen molar-refractivity contribution in [3.8, 4) is 5.75 Å². The fourth-order valence-corrected chi connectivity index (χ4v) is 6.25. The molecule has 2 aromatic carbocycles. The second-order valence-corrected chi connectivity index (χ2v) is 11.6. The Balaban J connectivity index is 1.25. The van der Waals surface area contributed by atoms with Crippen LogP contribution in [0.4, 0.5) is 18.9 Å². The number of ether oxygens (including phenoxy) is 2. The number of anilines is 1. The number of nitrogens with one attached hydrogen (secondary N) is 1. The molecule has 0 bridgehead atoms. The molecule has 0 spiro atoms. The molecular formula is C32H39F3N4O5. The zero-order chi connectivity index (χ0) is 31.3. The van der Waals surface area contributed by atoms with Gasteiger partial charge in [0, 0.05) is 56.4 Å². The summed E-state index contributed by atoms with van der Waals surface area (Å²) in [5.41, 5.74) is 1.10. The highest BCUT2D eigenvalue weighted by molar-refractivity contribution is 5.85. The number of aromatic nitrogens is 1. The number of hydrogen-bond acceptors (Lipinski definition) is 8. The summed E-state index contributed by atoms with van der Waals surface area (Å²) in [6.07, 6.45) is 2.18. The molecule has 0 aliphatic carbocycles. The molecule has 1 aromatic heterocycles. The zero-order valence-corrected chi connectivity index (χ0v) is 24.8. The number of benzene rings is 2. The number of pyridine rings is 1. The van der Waals surface area contributed by atoms with E-state index in [2.05, 4.69) is 15.2 Å². The number of methoxy groups -OCH3 is 1. The molecule has 3 heterocycles. The third-order valence-electron chi connectivity index (χ3n) is 8.93. The van der Waals surface area contributed by atoms with E-state index in [0.717, 1.165) is 41.2 Å². The Bertz CT molecular complexity index is 1460. The highest BCUT2D eigenvalue weighted by atomic mass is 19.2. The van der Waals surface area contributed by atoms with Crippen LogP contribution in [0.2, 0.25) is 0 Å². The van der Waals surface area contributed by atoms with Gasteiger partial charge in [0.1, 0.15) is 11.6 Å². The summed E-state index contributed by atoms with van der Waals surface area (Å²) in [6.45, 7) is 5.08. The van der Waals surface area contributed by atoms with Gasteiger partial charge < -0.3 is 29.9 Å². The maximum Gasteiger partial charge on any atom is 0.309 e. The number of likely N-dealkylation sites (tertiary alicyclic amines) is 1. The molecule has 0 amide bonds. The van der Waals surface area contributed by atoms with Crippen molar-refractivity contribution in [1.29, 1.82) is 0 Å². The lowest BCUT2D eigenvalue weighted by Crippen LogP contribution is -2.45. The molecule has 9 nitrogen and oxygen atoms in total. The third kappa shape index (κ3) is 7.26. The molecule has 2 aliphatic heterocycles. The minimum Gasteiger partial charge on any atom is -0.497 e. The van der Waals surface area contributed by atoms with Gasteiger partial charge in [0.2, 0.25) is 0 Å². The lowest BCUT2D eigenvalue weighted by Gasteiger charge is -2.39. The topological polar surface area (TPSA) is 107 Å². The van der Waals surface area contributed by atoms with Crippen LogP contribution < -0.4 is 10.1 Å². The molecule has 3 N–H and O–H groups in total. The number of carboxylic acid groups (broad SMARTS) is 1. The first-order valence-corrected chi connectivity index (χ1v) is 15.0. The Labute approximate surface area is 254 Å². The van der Waals surface area contributed by atoms with Crippen LogP contribution in [-0.2, 0) is 16.1 Å². The normalized spacial score (nSPS) is 18.3. The molecule has 3 aromatic rings. The molecule has 238 valence electrons. The molecule has 0 saturated carbocycles. The van der Waals surface area contributed by atoms with Crippen molar-refractivity contribution in [2.75, 3.05) is 64.9 Å². The number of rotatable bonds is 12. The van der Waals surface area contributed by atoms with E-state index < -0.39 is 34.9 Å². The molecule has 2 saturated heterocycles. The molecule has 2 fully saturated rings. The van der Waals surface area contributed by atoms with Crippen molar-refractivity contribution >= 4 is 22.6 Å². The lowest BCUT2D eigenvalue weighted by molar-refractivity contribution is -0.153. The molecule has 5 rings (SSSR count). The number of morpholine rings is 1. The van der Waals surface area contributed by atoms with Crippen LogP contribution >= 0.6 is 0 Å². The van der Waals surface area contributed by atoms with Crippen LogP contribution in [0.5, 0.6) is 5.75 Å². The van der Waals surface area contributed by atoms with E-state index in [1.165, 1.54) is 0 Å². The zero-order valence-electron chi connectivity index (χ0n) is 24.8.